The van der Waals surface area contributed by atoms with E-state index >= 15 is 0 Å². The minimum atomic E-state index is -0.415. The molecule has 0 aliphatic carbocycles. The van der Waals surface area contributed by atoms with E-state index in [1.54, 1.807) is 6.92 Å². The Morgan fingerprint density at radius 3 is 2.95 bits per heavy atom. The lowest BCUT2D eigenvalue weighted by Crippen LogP contribution is -2.42. The standard InChI is InChI=1S/C14H19N3O2/c1-10-14(18)16-12-3-2-11(8-13(12)19-10)9-17-6-4-15-5-7-17/h2-3,8,10,15H,4-7,9H2,1H3,(H,16,18). The summed E-state index contributed by atoms with van der Waals surface area (Å²) < 4.78 is 5.63. The third-order valence-electron chi connectivity index (χ3n) is 3.59. The molecule has 3 rings (SSSR count). The van der Waals surface area contributed by atoms with Crippen molar-refractivity contribution in [1.82, 2.24) is 10.2 Å². The molecule has 1 amide bonds. The number of carbonyl (C=O) groups is 1. The van der Waals surface area contributed by atoms with E-state index in [2.05, 4.69) is 21.6 Å². The third-order valence-corrected chi connectivity index (χ3v) is 3.59. The monoisotopic (exact) mass is 261 g/mol. The third kappa shape index (κ3) is 2.72. The fourth-order valence-electron chi connectivity index (χ4n) is 2.47. The van der Waals surface area contributed by atoms with Crippen LogP contribution in [-0.4, -0.2) is 43.1 Å². The van der Waals surface area contributed by atoms with Crippen LogP contribution >= 0.6 is 0 Å². The number of piperazine rings is 1. The second-order valence-electron chi connectivity index (χ2n) is 5.11. The Hall–Kier alpha value is -1.59. The summed E-state index contributed by atoms with van der Waals surface area (Å²) >= 11 is 0. The summed E-state index contributed by atoms with van der Waals surface area (Å²) in [6.07, 6.45) is -0.415. The number of nitrogens with one attached hydrogen (secondary N) is 2. The molecule has 0 aromatic heterocycles. The fraction of sp³-hybridized carbons (Fsp3) is 0.500. The highest BCUT2D eigenvalue weighted by Gasteiger charge is 2.23. The molecule has 2 aliphatic heterocycles. The number of hydrogen-bond donors (Lipinski definition) is 2. The predicted octanol–water partition coefficient (Wildman–Crippen LogP) is 0.811. The number of hydrogen-bond acceptors (Lipinski definition) is 4. The predicted molar refractivity (Wildman–Crippen MR) is 73.3 cm³/mol. The zero-order valence-electron chi connectivity index (χ0n) is 11.1. The van der Waals surface area contributed by atoms with Crippen LogP contribution in [0.5, 0.6) is 5.75 Å². The van der Waals surface area contributed by atoms with E-state index < -0.39 is 6.10 Å². The second kappa shape index (κ2) is 5.19. The highest BCUT2D eigenvalue weighted by Crippen LogP contribution is 2.30. The number of fused-ring (bicyclic) bond motifs is 1. The smallest absolute Gasteiger partial charge is 0.265 e. The van der Waals surface area contributed by atoms with Crippen LogP contribution in [0.2, 0.25) is 0 Å². The minimum Gasteiger partial charge on any atom is -0.479 e. The Balaban J connectivity index is 1.74. The van der Waals surface area contributed by atoms with Gasteiger partial charge in [0.05, 0.1) is 5.69 Å². The number of carbonyl (C=O) groups excluding carboxylic acids is 1. The maximum absolute atomic E-state index is 11.5. The Bertz CT molecular complexity index is 484. The molecule has 1 fully saturated rings. The minimum absolute atomic E-state index is 0.0812. The summed E-state index contributed by atoms with van der Waals surface area (Å²) in [6, 6.07) is 6.02. The normalized spacial score (nSPS) is 23.4. The van der Waals surface area contributed by atoms with Gasteiger partial charge in [0.2, 0.25) is 0 Å². The summed E-state index contributed by atoms with van der Waals surface area (Å²) in [5.74, 6) is 0.696. The van der Waals surface area contributed by atoms with Crippen LogP contribution < -0.4 is 15.4 Å². The summed E-state index contributed by atoms with van der Waals surface area (Å²) in [5.41, 5.74) is 2.00. The molecule has 1 aromatic rings. The largest absolute Gasteiger partial charge is 0.479 e. The first-order valence-electron chi connectivity index (χ1n) is 6.76. The molecule has 1 unspecified atom stereocenters. The summed E-state index contributed by atoms with van der Waals surface area (Å²) in [6.45, 7) is 6.95. The molecule has 2 N–H and O–H groups in total. The molecule has 1 aromatic carbocycles. The summed E-state index contributed by atoms with van der Waals surface area (Å²) in [5, 5.41) is 6.20. The molecule has 1 saturated heterocycles. The molecular formula is C14H19N3O2. The van der Waals surface area contributed by atoms with E-state index in [1.165, 1.54) is 5.56 Å². The number of anilines is 1. The van der Waals surface area contributed by atoms with Gasteiger partial charge in [0.25, 0.3) is 5.91 Å². The number of nitrogens with zero attached hydrogens (tertiary/aromatic N) is 1. The van der Waals surface area contributed by atoms with E-state index in [9.17, 15) is 4.79 Å². The number of benzene rings is 1. The number of rotatable bonds is 2. The van der Waals surface area contributed by atoms with Gasteiger partial charge in [-0.2, -0.15) is 0 Å². The van der Waals surface area contributed by atoms with Crippen molar-refractivity contribution < 1.29 is 9.53 Å². The Labute approximate surface area is 112 Å². The average Bonchev–Trinajstić information content (AvgIpc) is 2.42. The van der Waals surface area contributed by atoms with Crippen LogP contribution in [0.15, 0.2) is 18.2 Å². The van der Waals surface area contributed by atoms with Crippen molar-refractivity contribution >= 4 is 11.6 Å². The Kier molecular flexibility index (Phi) is 3.40. The van der Waals surface area contributed by atoms with Crippen molar-refractivity contribution in [1.29, 1.82) is 0 Å². The first kappa shape index (κ1) is 12.4. The Morgan fingerprint density at radius 2 is 2.16 bits per heavy atom. The van der Waals surface area contributed by atoms with Crippen molar-refractivity contribution in [2.45, 2.75) is 19.6 Å². The van der Waals surface area contributed by atoms with Crippen LogP contribution in [0.25, 0.3) is 0 Å². The maximum atomic E-state index is 11.5. The molecule has 0 radical (unpaired) electrons. The van der Waals surface area contributed by atoms with Crippen LogP contribution in [-0.2, 0) is 11.3 Å². The van der Waals surface area contributed by atoms with Crippen molar-refractivity contribution in [3.63, 3.8) is 0 Å². The zero-order valence-corrected chi connectivity index (χ0v) is 11.1. The van der Waals surface area contributed by atoms with Crippen LogP contribution in [0.3, 0.4) is 0 Å². The molecule has 1 atom stereocenters. The van der Waals surface area contributed by atoms with Crippen molar-refractivity contribution in [3.8, 4) is 5.75 Å². The molecule has 19 heavy (non-hydrogen) atoms. The molecule has 102 valence electrons. The quantitative estimate of drug-likeness (QED) is 0.827. The van der Waals surface area contributed by atoms with E-state index in [1.807, 2.05) is 12.1 Å². The fourth-order valence-corrected chi connectivity index (χ4v) is 2.47. The molecule has 0 spiro atoms. The number of amides is 1. The molecule has 2 aliphatic rings. The molecule has 5 nitrogen and oxygen atoms in total. The van der Waals surface area contributed by atoms with Gasteiger partial charge < -0.3 is 15.4 Å². The van der Waals surface area contributed by atoms with Gasteiger partial charge in [0, 0.05) is 32.7 Å². The van der Waals surface area contributed by atoms with Gasteiger partial charge in [-0.15, -0.1) is 0 Å². The van der Waals surface area contributed by atoms with Gasteiger partial charge in [-0.25, -0.2) is 0 Å². The maximum Gasteiger partial charge on any atom is 0.265 e. The molecule has 0 saturated carbocycles. The summed E-state index contributed by atoms with van der Waals surface area (Å²) in [7, 11) is 0. The van der Waals surface area contributed by atoms with E-state index in [0.717, 1.165) is 44.2 Å². The molecule has 5 heteroatoms. The van der Waals surface area contributed by atoms with E-state index in [0.29, 0.717) is 0 Å². The Morgan fingerprint density at radius 1 is 1.37 bits per heavy atom. The van der Waals surface area contributed by atoms with Crippen molar-refractivity contribution in [2.24, 2.45) is 0 Å². The highest BCUT2D eigenvalue weighted by molar-refractivity contribution is 5.97. The van der Waals surface area contributed by atoms with E-state index in [4.69, 9.17) is 4.74 Å². The van der Waals surface area contributed by atoms with Gasteiger partial charge in [-0.05, 0) is 24.6 Å². The van der Waals surface area contributed by atoms with Crippen molar-refractivity contribution in [2.75, 3.05) is 31.5 Å². The van der Waals surface area contributed by atoms with Crippen LogP contribution in [0.4, 0.5) is 5.69 Å². The van der Waals surface area contributed by atoms with Gasteiger partial charge in [-0.3, -0.25) is 9.69 Å². The van der Waals surface area contributed by atoms with Gasteiger partial charge in [-0.1, -0.05) is 6.07 Å². The lowest BCUT2D eigenvalue weighted by molar-refractivity contribution is -0.122. The molecule has 2 heterocycles. The van der Waals surface area contributed by atoms with E-state index in [-0.39, 0.29) is 5.91 Å². The summed E-state index contributed by atoms with van der Waals surface area (Å²) in [4.78, 5) is 13.9. The lowest BCUT2D eigenvalue weighted by atomic mass is 10.1. The topological polar surface area (TPSA) is 53.6 Å². The highest BCUT2D eigenvalue weighted by atomic mass is 16.5. The molecule has 0 bridgehead atoms. The average molecular weight is 261 g/mol. The lowest BCUT2D eigenvalue weighted by Gasteiger charge is -2.28. The van der Waals surface area contributed by atoms with Gasteiger partial charge >= 0.3 is 0 Å². The van der Waals surface area contributed by atoms with Gasteiger partial charge in [0.15, 0.2) is 6.10 Å². The van der Waals surface area contributed by atoms with Gasteiger partial charge in [0.1, 0.15) is 5.75 Å². The molecular weight excluding hydrogens is 242 g/mol. The first-order chi connectivity index (χ1) is 9.22. The van der Waals surface area contributed by atoms with Crippen LogP contribution in [0, 0.1) is 0 Å². The SMILES string of the molecule is CC1Oc2cc(CN3CCNCC3)ccc2NC1=O. The van der Waals surface area contributed by atoms with Crippen LogP contribution in [0.1, 0.15) is 12.5 Å². The second-order valence-corrected chi connectivity index (χ2v) is 5.11. The zero-order chi connectivity index (χ0) is 13.2. The number of ether oxygens (including phenoxy) is 1. The first-order valence-corrected chi connectivity index (χ1v) is 6.76. The van der Waals surface area contributed by atoms with Crippen molar-refractivity contribution in [3.05, 3.63) is 23.8 Å².